The van der Waals surface area contributed by atoms with Gasteiger partial charge in [0.2, 0.25) is 5.78 Å². The number of rotatable bonds is 6. The van der Waals surface area contributed by atoms with E-state index in [0.717, 1.165) is 0 Å². The van der Waals surface area contributed by atoms with Gasteiger partial charge in [0.15, 0.2) is 11.5 Å². The van der Waals surface area contributed by atoms with E-state index in [9.17, 15) is 14.7 Å². The van der Waals surface area contributed by atoms with Crippen LogP contribution in [0.25, 0.3) is 11.0 Å². The number of ketones is 1. The monoisotopic (exact) mass is 507 g/mol. The lowest BCUT2D eigenvalue weighted by atomic mass is 9.94. The van der Waals surface area contributed by atoms with Crippen LogP contribution in [0.5, 0.6) is 5.75 Å². The van der Waals surface area contributed by atoms with Gasteiger partial charge in [-0.25, -0.2) is 0 Å². The number of anilines is 1. The molecule has 2 heterocycles. The molecular formula is C27H19Cl2NO5. The summed E-state index contributed by atoms with van der Waals surface area (Å²) in [5.74, 6) is -1.30. The van der Waals surface area contributed by atoms with Crippen molar-refractivity contribution < 1.29 is 23.8 Å². The molecule has 0 aliphatic carbocycles. The summed E-state index contributed by atoms with van der Waals surface area (Å²) in [6.07, 6.45) is 0. The van der Waals surface area contributed by atoms with Crippen molar-refractivity contribution in [1.82, 2.24) is 0 Å². The number of amides is 1. The van der Waals surface area contributed by atoms with Gasteiger partial charge in [-0.05, 0) is 73.2 Å². The van der Waals surface area contributed by atoms with Crippen LogP contribution < -0.4 is 9.64 Å². The first-order valence-corrected chi connectivity index (χ1v) is 11.6. The molecule has 0 radical (unpaired) electrons. The van der Waals surface area contributed by atoms with Crippen molar-refractivity contribution in [2.24, 2.45) is 0 Å². The van der Waals surface area contributed by atoms with Gasteiger partial charge in [-0.3, -0.25) is 14.5 Å². The van der Waals surface area contributed by atoms with Gasteiger partial charge in [0, 0.05) is 21.1 Å². The van der Waals surface area contributed by atoms with E-state index in [4.69, 9.17) is 32.4 Å². The van der Waals surface area contributed by atoms with Crippen LogP contribution in [0.4, 0.5) is 5.69 Å². The average molecular weight is 508 g/mol. The van der Waals surface area contributed by atoms with Crippen molar-refractivity contribution in [3.8, 4) is 5.75 Å². The fraction of sp³-hybridized carbons (Fsp3) is 0.111. The predicted octanol–water partition coefficient (Wildman–Crippen LogP) is 6.92. The molecule has 1 atom stereocenters. The van der Waals surface area contributed by atoms with Gasteiger partial charge < -0.3 is 14.3 Å². The van der Waals surface area contributed by atoms with Gasteiger partial charge in [-0.15, -0.1) is 0 Å². The van der Waals surface area contributed by atoms with Crippen molar-refractivity contribution in [2.75, 3.05) is 11.5 Å². The van der Waals surface area contributed by atoms with E-state index >= 15 is 0 Å². The zero-order chi connectivity index (χ0) is 24.7. The number of fused-ring (bicyclic) bond motifs is 1. The summed E-state index contributed by atoms with van der Waals surface area (Å²) < 4.78 is 11.3. The molecule has 1 N–H and O–H groups in total. The van der Waals surface area contributed by atoms with Gasteiger partial charge in [0.1, 0.15) is 11.3 Å². The van der Waals surface area contributed by atoms with E-state index in [1.807, 2.05) is 6.92 Å². The van der Waals surface area contributed by atoms with Gasteiger partial charge in [-0.1, -0.05) is 35.3 Å². The Balaban J connectivity index is 1.63. The maximum atomic E-state index is 13.7. The standard InChI is InChI=1S/C27H19Cl2NO5/c1-2-34-20-10-3-15(4-11-20)24-23(25(31)22-14-16-13-18(29)7-12-21(16)35-22)26(32)27(33)30(24)19-8-5-17(28)6-9-19/h3-14,24,32H,2H2,1H3. The molecule has 1 amide bonds. The normalized spacial score (nSPS) is 15.8. The molecule has 1 aliphatic rings. The summed E-state index contributed by atoms with van der Waals surface area (Å²) >= 11 is 12.1. The van der Waals surface area contributed by atoms with Crippen LogP contribution >= 0.6 is 23.2 Å². The van der Waals surface area contributed by atoms with Crippen LogP contribution in [-0.4, -0.2) is 23.4 Å². The van der Waals surface area contributed by atoms with Gasteiger partial charge in [-0.2, -0.15) is 0 Å². The first-order valence-electron chi connectivity index (χ1n) is 10.9. The van der Waals surface area contributed by atoms with Crippen LogP contribution in [0.2, 0.25) is 10.0 Å². The molecule has 3 aromatic carbocycles. The van der Waals surface area contributed by atoms with E-state index in [1.165, 1.54) is 4.90 Å². The lowest BCUT2D eigenvalue weighted by Crippen LogP contribution is -2.31. The molecule has 0 fully saturated rings. The summed E-state index contributed by atoms with van der Waals surface area (Å²) in [4.78, 5) is 28.3. The Morgan fingerprint density at radius 1 is 1.00 bits per heavy atom. The minimum absolute atomic E-state index is 0.00879. The third kappa shape index (κ3) is 4.16. The number of nitrogens with zero attached hydrogens (tertiary/aromatic N) is 1. The minimum atomic E-state index is -0.899. The predicted molar refractivity (Wildman–Crippen MR) is 134 cm³/mol. The Morgan fingerprint density at radius 2 is 1.69 bits per heavy atom. The number of aliphatic hydroxyl groups excluding tert-OH is 1. The zero-order valence-corrected chi connectivity index (χ0v) is 20.0. The fourth-order valence-corrected chi connectivity index (χ4v) is 4.50. The van der Waals surface area contributed by atoms with Crippen molar-refractivity contribution in [1.29, 1.82) is 0 Å². The number of ether oxygens (including phenoxy) is 1. The Labute approximate surface area is 210 Å². The molecule has 35 heavy (non-hydrogen) atoms. The second kappa shape index (κ2) is 9.13. The third-order valence-electron chi connectivity index (χ3n) is 5.77. The maximum absolute atomic E-state index is 13.7. The maximum Gasteiger partial charge on any atom is 0.294 e. The largest absolute Gasteiger partial charge is 0.503 e. The highest BCUT2D eigenvalue weighted by Gasteiger charge is 2.45. The number of carbonyl (C=O) groups excluding carboxylic acids is 2. The van der Waals surface area contributed by atoms with Crippen molar-refractivity contribution in [3.05, 3.63) is 105 Å². The van der Waals surface area contributed by atoms with Crippen molar-refractivity contribution in [2.45, 2.75) is 13.0 Å². The summed E-state index contributed by atoms with van der Waals surface area (Å²) in [6, 6.07) is 19.3. The highest BCUT2D eigenvalue weighted by Crippen LogP contribution is 2.43. The highest BCUT2D eigenvalue weighted by molar-refractivity contribution is 6.31. The van der Waals surface area contributed by atoms with Crippen LogP contribution in [-0.2, 0) is 4.79 Å². The number of hydrogen-bond donors (Lipinski definition) is 1. The van der Waals surface area contributed by atoms with E-state index in [-0.39, 0.29) is 11.3 Å². The van der Waals surface area contributed by atoms with Crippen LogP contribution in [0, 0.1) is 0 Å². The quantitative estimate of drug-likeness (QED) is 0.286. The lowest BCUT2D eigenvalue weighted by molar-refractivity contribution is -0.117. The van der Waals surface area contributed by atoms with Crippen LogP contribution in [0.15, 0.2) is 88.5 Å². The Kier molecular flexibility index (Phi) is 6.01. The van der Waals surface area contributed by atoms with Crippen molar-refractivity contribution >= 4 is 51.5 Å². The SMILES string of the molecule is CCOc1ccc(C2C(C(=O)c3cc4cc(Cl)ccc4o3)=C(O)C(=O)N2c2ccc(Cl)cc2)cc1. The molecular weight excluding hydrogens is 489 g/mol. The first kappa shape index (κ1) is 23.0. The summed E-state index contributed by atoms with van der Waals surface area (Å²) in [5.41, 5.74) is 1.47. The van der Waals surface area contributed by atoms with Crippen LogP contribution in [0.3, 0.4) is 0 Å². The molecule has 176 valence electrons. The molecule has 1 aromatic heterocycles. The molecule has 0 spiro atoms. The molecule has 5 rings (SSSR count). The molecule has 1 aliphatic heterocycles. The number of Topliss-reactive ketones (excluding diaryl/α,β-unsaturated/α-hetero) is 1. The molecule has 0 bridgehead atoms. The number of furan rings is 1. The Bertz CT molecular complexity index is 1470. The summed E-state index contributed by atoms with van der Waals surface area (Å²) in [5, 5.41) is 12.5. The molecule has 4 aromatic rings. The Morgan fingerprint density at radius 3 is 2.37 bits per heavy atom. The third-order valence-corrected chi connectivity index (χ3v) is 6.25. The first-order chi connectivity index (χ1) is 16.9. The van der Waals surface area contributed by atoms with Crippen molar-refractivity contribution in [3.63, 3.8) is 0 Å². The molecule has 8 heteroatoms. The summed E-state index contributed by atoms with van der Waals surface area (Å²) in [7, 11) is 0. The number of halogens is 2. The highest BCUT2D eigenvalue weighted by atomic mass is 35.5. The topological polar surface area (TPSA) is 80.0 Å². The number of benzene rings is 3. The minimum Gasteiger partial charge on any atom is -0.503 e. The average Bonchev–Trinajstić information content (AvgIpc) is 3.38. The van der Waals surface area contributed by atoms with E-state index in [0.29, 0.717) is 44.6 Å². The van der Waals surface area contributed by atoms with E-state index in [1.54, 1.807) is 72.8 Å². The zero-order valence-electron chi connectivity index (χ0n) is 18.5. The number of aliphatic hydroxyl groups is 1. The number of hydrogen-bond acceptors (Lipinski definition) is 5. The molecule has 6 nitrogen and oxygen atoms in total. The van der Waals surface area contributed by atoms with Gasteiger partial charge >= 0.3 is 0 Å². The second-order valence-corrected chi connectivity index (χ2v) is 8.81. The van der Waals surface area contributed by atoms with E-state index in [2.05, 4.69) is 0 Å². The summed E-state index contributed by atoms with van der Waals surface area (Å²) in [6.45, 7) is 2.38. The fourth-order valence-electron chi connectivity index (χ4n) is 4.19. The molecule has 1 unspecified atom stereocenters. The lowest BCUT2D eigenvalue weighted by Gasteiger charge is -2.27. The Hall–Kier alpha value is -3.74. The van der Waals surface area contributed by atoms with Gasteiger partial charge in [0.25, 0.3) is 5.91 Å². The van der Waals surface area contributed by atoms with Gasteiger partial charge in [0.05, 0.1) is 18.2 Å². The molecule has 0 saturated heterocycles. The number of carbonyl (C=O) groups is 2. The smallest absolute Gasteiger partial charge is 0.294 e. The second-order valence-electron chi connectivity index (χ2n) is 7.94. The molecule has 0 saturated carbocycles. The van der Waals surface area contributed by atoms with Crippen LogP contribution in [0.1, 0.15) is 29.1 Å². The van der Waals surface area contributed by atoms with E-state index < -0.39 is 23.5 Å².